The Kier molecular flexibility index (Phi) is 13.1. The van der Waals surface area contributed by atoms with Crippen LogP contribution in [0.25, 0.3) is 0 Å². The minimum atomic E-state index is -0.286. The van der Waals surface area contributed by atoms with Crippen molar-refractivity contribution in [3.63, 3.8) is 0 Å². The van der Waals surface area contributed by atoms with Gasteiger partial charge in [0.1, 0.15) is 25.8 Å². The number of halogens is 12. The van der Waals surface area contributed by atoms with Gasteiger partial charge in [-0.1, -0.05) is 139 Å². The molecule has 3 aromatic rings. The van der Waals surface area contributed by atoms with Gasteiger partial charge >= 0.3 is 0 Å². The highest BCUT2D eigenvalue weighted by atomic mass is 35.5. The second-order valence-corrected chi connectivity index (χ2v) is 10.1. The van der Waals surface area contributed by atoms with E-state index in [1.165, 1.54) is 18.2 Å². The third-order valence-corrected chi connectivity index (χ3v) is 8.10. The lowest BCUT2D eigenvalue weighted by Gasteiger charge is -2.02. The van der Waals surface area contributed by atoms with Crippen molar-refractivity contribution in [1.29, 1.82) is 0 Å². The number of hydrogen-bond donors (Lipinski definition) is 3. The van der Waals surface area contributed by atoms with Crippen molar-refractivity contribution < 1.29 is 15.3 Å². The minimum Gasteiger partial charge on any atom is -0.506 e. The van der Waals surface area contributed by atoms with Crippen LogP contribution >= 0.6 is 139 Å². The molecule has 33 heavy (non-hydrogen) atoms. The second-order valence-electron chi connectivity index (χ2n) is 5.45. The van der Waals surface area contributed by atoms with Gasteiger partial charge in [-0.15, -0.1) is 0 Å². The quantitative estimate of drug-likeness (QED) is 0.162. The Balaban J connectivity index is 0.000000247. The minimum absolute atomic E-state index is 0.0149. The highest BCUT2D eigenvalue weighted by molar-refractivity contribution is 6.52. The summed E-state index contributed by atoms with van der Waals surface area (Å²) in [6.07, 6.45) is 0. The zero-order chi connectivity index (χ0) is 25.8. The second kappa shape index (κ2) is 13.7. The van der Waals surface area contributed by atoms with Crippen molar-refractivity contribution in [2.45, 2.75) is 0 Å². The summed E-state index contributed by atoms with van der Waals surface area (Å²) in [6, 6.07) is 3.93. The Morgan fingerprint density at radius 3 is 1.18 bits per heavy atom. The van der Waals surface area contributed by atoms with Crippen molar-refractivity contribution in [1.82, 2.24) is 0 Å². The fourth-order valence-corrected chi connectivity index (χ4v) is 4.18. The Labute approximate surface area is 248 Å². The number of aromatic hydroxyl groups is 3. The van der Waals surface area contributed by atoms with Crippen molar-refractivity contribution in [3.05, 3.63) is 78.5 Å². The third-order valence-electron chi connectivity index (χ3n) is 3.26. The first kappa shape index (κ1) is 31.6. The molecular formula is C18H6Cl12O3. The molecule has 0 amide bonds. The predicted octanol–water partition coefficient (Wildman–Crippen LogP) is 12.0. The van der Waals surface area contributed by atoms with E-state index in [1.807, 2.05) is 0 Å². The van der Waals surface area contributed by atoms with Crippen LogP contribution in [0.15, 0.2) is 18.2 Å². The normalized spacial score (nSPS) is 10.2. The van der Waals surface area contributed by atoms with Gasteiger partial charge in [-0.25, -0.2) is 0 Å². The van der Waals surface area contributed by atoms with Crippen LogP contribution in [0.2, 0.25) is 60.3 Å². The molecule has 180 valence electrons. The Bertz CT molecular complexity index is 959. The van der Waals surface area contributed by atoms with Crippen LogP contribution in [0.5, 0.6) is 17.2 Å². The first-order valence-electron chi connectivity index (χ1n) is 7.67. The molecule has 0 atom stereocenters. The molecule has 0 aromatic heterocycles. The monoisotopic (exact) mass is 690 g/mol. The maximum atomic E-state index is 9.14. The lowest BCUT2D eigenvalue weighted by molar-refractivity contribution is 0.475. The van der Waals surface area contributed by atoms with E-state index in [2.05, 4.69) is 0 Å². The van der Waals surface area contributed by atoms with Gasteiger partial charge < -0.3 is 15.3 Å². The van der Waals surface area contributed by atoms with Crippen LogP contribution in [0, 0.1) is 0 Å². The molecule has 0 radical (unpaired) electrons. The Morgan fingerprint density at radius 1 is 0.333 bits per heavy atom. The van der Waals surface area contributed by atoms with Gasteiger partial charge in [0.25, 0.3) is 0 Å². The fourth-order valence-electron chi connectivity index (χ4n) is 1.68. The SMILES string of the molecule is Oc1c(Cl)c(Cl)cc(Cl)c1Cl.Oc1c(Cl)cc(Cl)c(Cl)c1Cl.Oc1cc(Cl)c(Cl)c(Cl)c1Cl. The number of rotatable bonds is 0. The van der Waals surface area contributed by atoms with E-state index in [0.29, 0.717) is 0 Å². The highest BCUT2D eigenvalue weighted by Gasteiger charge is 2.13. The largest absolute Gasteiger partial charge is 0.506 e. The highest BCUT2D eigenvalue weighted by Crippen LogP contribution is 2.43. The zero-order valence-corrected chi connectivity index (χ0v) is 24.2. The molecule has 3 nitrogen and oxygen atoms in total. The molecule has 0 heterocycles. The molecule has 0 bridgehead atoms. The van der Waals surface area contributed by atoms with E-state index in [-0.39, 0.29) is 77.5 Å². The van der Waals surface area contributed by atoms with Crippen LogP contribution in [0.3, 0.4) is 0 Å². The summed E-state index contributed by atoms with van der Waals surface area (Å²) in [5.74, 6) is -0.709. The van der Waals surface area contributed by atoms with Crippen molar-refractivity contribution in [2.75, 3.05) is 0 Å². The average Bonchev–Trinajstić information content (AvgIpc) is 2.77. The maximum Gasteiger partial charge on any atom is 0.155 e. The van der Waals surface area contributed by atoms with Gasteiger partial charge in [0.15, 0.2) is 11.5 Å². The van der Waals surface area contributed by atoms with E-state index in [9.17, 15) is 0 Å². The van der Waals surface area contributed by atoms with Crippen LogP contribution in [0.4, 0.5) is 0 Å². The van der Waals surface area contributed by atoms with Gasteiger partial charge in [0.05, 0.1) is 40.2 Å². The van der Waals surface area contributed by atoms with Crippen molar-refractivity contribution >= 4 is 139 Å². The number of phenolic OH excluding ortho intramolecular Hbond substituents is 3. The standard InChI is InChI=1S/3C6H2Cl4O/c7-2-1-3(8)6(11)5(10)4(2)9;7-2-1-3(11)5(9)6(10)4(2)8;7-2-1-3(8)5(10)6(11)4(2)9/h3*1,11H. The van der Waals surface area contributed by atoms with E-state index in [0.717, 1.165) is 0 Å². The molecule has 3 rings (SSSR count). The lowest BCUT2D eigenvalue weighted by Crippen LogP contribution is -1.75. The number of hydrogen-bond acceptors (Lipinski definition) is 3. The van der Waals surface area contributed by atoms with Crippen molar-refractivity contribution in [3.8, 4) is 17.2 Å². The third kappa shape index (κ3) is 8.28. The summed E-state index contributed by atoms with van der Waals surface area (Å²) in [5.41, 5.74) is 0. The Morgan fingerprint density at radius 2 is 0.697 bits per heavy atom. The fraction of sp³-hybridized carbons (Fsp3) is 0. The van der Waals surface area contributed by atoms with Crippen LogP contribution in [-0.2, 0) is 0 Å². The van der Waals surface area contributed by atoms with E-state index >= 15 is 0 Å². The topological polar surface area (TPSA) is 60.7 Å². The van der Waals surface area contributed by atoms with Gasteiger partial charge in [-0.05, 0) is 12.1 Å². The van der Waals surface area contributed by atoms with E-state index < -0.39 is 0 Å². The van der Waals surface area contributed by atoms with Gasteiger partial charge in [0.2, 0.25) is 0 Å². The summed E-state index contributed by atoms with van der Waals surface area (Å²) in [7, 11) is 0. The molecule has 0 saturated carbocycles. The molecule has 3 N–H and O–H groups in total. The van der Waals surface area contributed by atoms with Gasteiger partial charge in [0, 0.05) is 6.07 Å². The van der Waals surface area contributed by atoms with Gasteiger partial charge in [-0.3, -0.25) is 0 Å². The molecule has 0 aliphatic carbocycles. The van der Waals surface area contributed by atoms with Crippen LogP contribution in [0.1, 0.15) is 0 Å². The summed E-state index contributed by atoms with van der Waals surface area (Å²) in [6.45, 7) is 0. The van der Waals surface area contributed by atoms with Crippen molar-refractivity contribution in [2.24, 2.45) is 0 Å². The van der Waals surface area contributed by atoms with E-state index in [4.69, 9.17) is 155 Å². The molecule has 0 unspecified atom stereocenters. The summed E-state index contributed by atoms with van der Waals surface area (Å²) < 4.78 is 0. The first-order valence-corrected chi connectivity index (χ1v) is 12.2. The predicted molar refractivity (Wildman–Crippen MR) is 144 cm³/mol. The number of benzene rings is 3. The summed E-state index contributed by atoms with van der Waals surface area (Å²) in [4.78, 5) is 0. The molecule has 0 spiro atoms. The Hall–Kier alpha value is 0.540. The first-order chi connectivity index (χ1) is 15.1. The zero-order valence-electron chi connectivity index (χ0n) is 15.1. The molecule has 0 saturated heterocycles. The molecule has 3 aromatic carbocycles. The van der Waals surface area contributed by atoms with E-state index in [1.54, 1.807) is 0 Å². The van der Waals surface area contributed by atoms with Crippen LogP contribution in [-0.4, -0.2) is 15.3 Å². The summed E-state index contributed by atoms with van der Waals surface area (Å²) in [5, 5.41) is 28.5. The molecule has 15 heteroatoms. The molecule has 0 aliphatic rings. The number of phenols is 3. The lowest BCUT2D eigenvalue weighted by atomic mass is 10.3. The maximum absolute atomic E-state index is 9.14. The van der Waals surface area contributed by atoms with Crippen LogP contribution < -0.4 is 0 Å². The molecule has 0 fully saturated rings. The van der Waals surface area contributed by atoms with Gasteiger partial charge in [-0.2, -0.15) is 0 Å². The molecule has 0 aliphatic heterocycles. The summed E-state index contributed by atoms with van der Waals surface area (Å²) >= 11 is 66.6. The smallest absolute Gasteiger partial charge is 0.155 e. The average molecular weight is 696 g/mol. The molecular weight excluding hydrogens is 690 g/mol.